The van der Waals surface area contributed by atoms with Gasteiger partial charge < -0.3 is 9.32 Å². The number of rotatable bonds is 5. The average molecular weight is 395 g/mol. The number of carbonyl (C=O) groups is 1. The number of para-hydroxylation sites is 2. The van der Waals surface area contributed by atoms with Crippen LogP contribution in [0.2, 0.25) is 0 Å². The highest BCUT2D eigenvalue weighted by molar-refractivity contribution is 5.76. The molecule has 1 atom stereocenters. The molecule has 4 heterocycles. The number of hydrogen-bond acceptors (Lipinski definition) is 7. The van der Waals surface area contributed by atoms with Gasteiger partial charge >= 0.3 is 0 Å². The van der Waals surface area contributed by atoms with Crippen molar-refractivity contribution in [1.29, 1.82) is 0 Å². The molecule has 3 aromatic rings. The average Bonchev–Trinajstić information content (AvgIpc) is 3.50. The first-order valence-corrected chi connectivity index (χ1v) is 10.4. The standard InChI is InChI=1S/C20H25N7O2/c28-19(14-27-18(22-23-24-27)13-25-9-3-4-10-25)26-11-5-6-15(12-26)20-21-16-7-1-2-8-17(16)29-20/h1-2,7-8,15H,3-6,9-14H2. The summed E-state index contributed by atoms with van der Waals surface area (Å²) >= 11 is 0. The van der Waals surface area contributed by atoms with Gasteiger partial charge in [0.05, 0.1) is 12.5 Å². The largest absolute Gasteiger partial charge is 0.440 e. The van der Waals surface area contributed by atoms with Crippen LogP contribution in [0.4, 0.5) is 0 Å². The molecule has 1 aromatic carbocycles. The molecule has 9 nitrogen and oxygen atoms in total. The molecule has 152 valence electrons. The maximum atomic E-state index is 12.9. The monoisotopic (exact) mass is 395 g/mol. The lowest BCUT2D eigenvalue weighted by Gasteiger charge is -2.31. The molecular formula is C20H25N7O2. The molecule has 5 rings (SSSR count). The quantitative estimate of drug-likeness (QED) is 0.650. The first-order valence-electron chi connectivity index (χ1n) is 10.4. The van der Waals surface area contributed by atoms with E-state index >= 15 is 0 Å². The molecule has 2 aliphatic rings. The Bertz CT molecular complexity index is 959. The molecule has 0 saturated carbocycles. The predicted octanol–water partition coefficient (Wildman–Crippen LogP) is 1.82. The molecule has 9 heteroatoms. The fraction of sp³-hybridized carbons (Fsp3) is 0.550. The van der Waals surface area contributed by atoms with Gasteiger partial charge in [0.1, 0.15) is 12.1 Å². The topological polar surface area (TPSA) is 93.2 Å². The zero-order valence-corrected chi connectivity index (χ0v) is 16.4. The Hall–Kier alpha value is -2.81. The Balaban J connectivity index is 1.25. The van der Waals surface area contributed by atoms with Crippen LogP contribution < -0.4 is 0 Å². The summed E-state index contributed by atoms with van der Waals surface area (Å²) in [5.74, 6) is 1.65. The minimum atomic E-state index is 0.0424. The van der Waals surface area contributed by atoms with Crippen molar-refractivity contribution in [3.8, 4) is 0 Å². The molecule has 2 saturated heterocycles. The minimum absolute atomic E-state index is 0.0424. The first-order chi connectivity index (χ1) is 14.3. The van der Waals surface area contributed by atoms with Crippen LogP contribution in [0.1, 0.15) is 43.3 Å². The normalized spacial score (nSPS) is 20.6. The van der Waals surface area contributed by atoms with Crippen molar-refractivity contribution in [3.63, 3.8) is 0 Å². The number of likely N-dealkylation sites (tertiary alicyclic amines) is 2. The van der Waals surface area contributed by atoms with E-state index in [2.05, 4.69) is 25.4 Å². The summed E-state index contributed by atoms with van der Waals surface area (Å²) in [7, 11) is 0. The summed E-state index contributed by atoms with van der Waals surface area (Å²) in [5, 5.41) is 12.0. The maximum absolute atomic E-state index is 12.9. The number of fused-ring (bicyclic) bond motifs is 1. The van der Waals surface area contributed by atoms with E-state index in [9.17, 15) is 4.79 Å². The van der Waals surface area contributed by atoms with Gasteiger partial charge in [0.2, 0.25) is 5.91 Å². The number of oxazole rings is 1. The smallest absolute Gasteiger partial charge is 0.244 e. The van der Waals surface area contributed by atoms with E-state index in [0.29, 0.717) is 13.1 Å². The molecule has 0 N–H and O–H groups in total. The molecule has 2 aliphatic heterocycles. The van der Waals surface area contributed by atoms with Crippen LogP contribution in [-0.2, 0) is 17.9 Å². The highest BCUT2D eigenvalue weighted by atomic mass is 16.3. The summed E-state index contributed by atoms with van der Waals surface area (Å²) in [6, 6.07) is 7.78. The lowest BCUT2D eigenvalue weighted by Crippen LogP contribution is -2.41. The van der Waals surface area contributed by atoms with Crippen molar-refractivity contribution < 1.29 is 9.21 Å². The van der Waals surface area contributed by atoms with Crippen LogP contribution in [0, 0.1) is 0 Å². The van der Waals surface area contributed by atoms with Gasteiger partial charge in [-0.25, -0.2) is 9.67 Å². The third kappa shape index (κ3) is 3.87. The number of tetrazole rings is 1. The number of carbonyl (C=O) groups excluding carboxylic acids is 1. The molecule has 2 fully saturated rings. The van der Waals surface area contributed by atoms with E-state index in [1.807, 2.05) is 29.2 Å². The zero-order valence-electron chi connectivity index (χ0n) is 16.4. The van der Waals surface area contributed by atoms with E-state index in [4.69, 9.17) is 4.42 Å². The zero-order chi connectivity index (χ0) is 19.6. The Labute approximate surface area is 168 Å². The molecule has 1 unspecified atom stereocenters. The van der Waals surface area contributed by atoms with Crippen molar-refractivity contribution in [2.24, 2.45) is 0 Å². The number of piperidine rings is 1. The Morgan fingerprint density at radius 1 is 1.14 bits per heavy atom. The van der Waals surface area contributed by atoms with Crippen molar-refractivity contribution in [2.45, 2.75) is 44.7 Å². The van der Waals surface area contributed by atoms with Gasteiger partial charge in [0, 0.05) is 13.1 Å². The van der Waals surface area contributed by atoms with Crippen molar-refractivity contribution in [3.05, 3.63) is 36.0 Å². The number of benzene rings is 1. The Morgan fingerprint density at radius 3 is 2.86 bits per heavy atom. The van der Waals surface area contributed by atoms with Gasteiger partial charge in [-0.15, -0.1) is 5.10 Å². The lowest BCUT2D eigenvalue weighted by atomic mass is 9.98. The SMILES string of the molecule is O=C(Cn1nnnc1CN1CCCC1)N1CCCC(c2nc3ccccc3o2)C1. The summed E-state index contributed by atoms with van der Waals surface area (Å²) in [6.07, 6.45) is 4.34. The molecule has 2 aromatic heterocycles. The van der Waals surface area contributed by atoms with Gasteiger partial charge in [-0.05, 0) is 61.3 Å². The Morgan fingerprint density at radius 2 is 2.00 bits per heavy atom. The molecule has 0 radical (unpaired) electrons. The van der Waals surface area contributed by atoms with Gasteiger partial charge in [0.15, 0.2) is 17.3 Å². The Kier molecular flexibility index (Phi) is 4.97. The minimum Gasteiger partial charge on any atom is -0.440 e. The third-order valence-corrected chi connectivity index (χ3v) is 5.89. The lowest BCUT2D eigenvalue weighted by molar-refractivity contribution is -0.133. The van der Waals surface area contributed by atoms with Gasteiger partial charge in [-0.1, -0.05) is 12.1 Å². The number of nitrogens with zero attached hydrogens (tertiary/aromatic N) is 7. The number of amides is 1. The second-order valence-corrected chi connectivity index (χ2v) is 7.93. The summed E-state index contributed by atoms with van der Waals surface area (Å²) in [6.45, 7) is 4.38. The fourth-order valence-electron chi connectivity index (χ4n) is 4.30. The van der Waals surface area contributed by atoms with E-state index in [1.54, 1.807) is 4.68 Å². The van der Waals surface area contributed by atoms with Crippen molar-refractivity contribution in [1.82, 2.24) is 35.0 Å². The number of hydrogen-bond donors (Lipinski definition) is 0. The second kappa shape index (κ2) is 7.90. The highest BCUT2D eigenvalue weighted by Crippen LogP contribution is 2.29. The third-order valence-electron chi connectivity index (χ3n) is 5.89. The second-order valence-electron chi connectivity index (χ2n) is 7.93. The van der Waals surface area contributed by atoms with Gasteiger partial charge in [0.25, 0.3) is 0 Å². The van der Waals surface area contributed by atoms with Crippen LogP contribution in [0.15, 0.2) is 28.7 Å². The van der Waals surface area contributed by atoms with Crippen LogP contribution in [0.3, 0.4) is 0 Å². The molecule has 0 aliphatic carbocycles. The molecule has 1 amide bonds. The van der Waals surface area contributed by atoms with Crippen molar-refractivity contribution >= 4 is 17.0 Å². The molecule has 29 heavy (non-hydrogen) atoms. The molecular weight excluding hydrogens is 370 g/mol. The highest BCUT2D eigenvalue weighted by Gasteiger charge is 2.29. The van der Waals surface area contributed by atoms with E-state index in [0.717, 1.165) is 55.3 Å². The van der Waals surface area contributed by atoms with Crippen molar-refractivity contribution in [2.75, 3.05) is 26.2 Å². The van der Waals surface area contributed by atoms with Crippen LogP contribution in [0.5, 0.6) is 0 Å². The molecule has 0 spiro atoms. The first kappa shape index (κ1) is 18.2. The molecule has 0 bridgehead atoms. The van der Waals surface area contributed by atoms with Crippen LogP contribution in [0.25, 0.3) is 11.1 Å². The van der Waals surface area contributed by atoms with Gasteiger partial charge in [-0.2, -0.15) is 0 Å². The van der Waals surface area contributed by atoms with E-state index in [1.165, 1.54) is 12.8 Å². The fourth-order valence-corrected chi connectivity index (χ4v) is 4.30. The van der Waals surface area contributed by atoms with E-state index in [-0.39, 0.29) is 18.4 Å². The van der Waals surface area contributed by atoms with Crippen LogP contribution in [-0.4, -0.2) is 67.1 Å². The predicted molar refractivity (Wildman–Crippen MR) is 105 cm³/mol. The summed E-state index contributed by atoms with van der Waals surface area (Å²) < 4.78 is 7.59. The van der Waals surface area contributed by atoms with Crippen LogP contribution >= 0.6 is 0 Å². The van der Waals surface area contributed by atoms with Gasteiger partial charge in [-0.3, -0.25) is 9.69 Å². The van der Waals surface area contributed by atoms with E-state index < -0.39 is 0 Å². The summed E-state index contributed by atoms with van der Waals surface area (Å²) in [5.41, 5.74) is 1.66. The number of aromatic nitrogens is 5. The maximum Gasteiger partial charge on any atom is 0.244 e. The summed E-state index contributed by atoms with van der Waals surface area (Å²) in [4.78, 5) is 21.8.